The molecule has 3 heteroatoms. The average molecular weight is 113 g/mol. The van der Waals surface area contributed by atoms with Crippen molar-refractivity contribution in [2.24, 2.45) is 5.73 Å². The molecule has 0 aromatic heterocycles. The highest BCUT2D eigenvalue weighted by molar-refractivity contribution is 5.87. The van der Waals surface area contributed by atoms with Gasteiger partial charge in [-0.2, -0.15) is 0 Å². The van der Waals surface area contributed by atoms with Gasteiger partial charge in [0.05, 0.1) is 0 Å². The number of hydrogen-bond acceptors (Lipinski definition) is 2. The first-order valence-corrected chi connectivity index (χ1v) is 2.42. The Morgan fingerprint density at radius 3 is 2.25 bits per heavy atom. The van der Waals surface area contributed by atoms with Crippen LogP contribution in [0.3, 0.4) is 0 Å². The van der Waals surface area contributed by atoms with Crippen LogP contribution in [0.5, 0.6) is 0 Å². The van der Waals surface area contributed by atoms with Gasteiger partial charge in [0.2, 0.25) is 0 Å². The quantitative estimate of drug-likeness (QED) is 0.473. The normalized spacial score (nSPS) is 15.8. The summed E-state index contributed by atoms with van der Waals surface area (Å²) in [6, 6.07) is 0. The molecule has 1 fully saturated rings. The monoisotopic (exact) mass is 113 g/mol. The Hall–Kier alpha value is -0.990. The maximum atomic E-state index is 10.00. The van der Waals surface area contributed by atoms with Gasteiger partial charge in [-0.1, -0.05) is 0 Å². The van der Waals surface area contributed by atoms with Crippen LogP contribution in [0.15, 0.2) is 11.3 Å². The molecule has 0 unspecified atom stereocenters. The maximum absolute atomic E-state index is 10.00. The van der Waals surface area contributed by atoms with E-state index in [0.717, 1.165) is 18.4 Å². The summed E-state index contributed by atoms with van der Waals surface area (Å²) >= 11 is 0. The minimum absolute atomic E-state index is 0.0463. The standard InChI is InChI=1S/C5H7NO2/c6-4(5(7)8)3-1-2-3/h1-2,6H2,(H,7,8). The summed E-state index contributed by atoms with van der Waals surface area (Å²) < 4.78 is 0. The van der Waals surface area contributed by atoms with Crippen LogP contribution in [-0.2, 0) is 4.79 Å². The van der Waals surface area contributed by atoms with Crippen LogP contribution in [0.2, 0.25) is 0 Å². The van der Waals surface area contributed by atoms with Gasteiger partial charge in [-0.25, -0.2) is 4.79 Å². The van der Waals surface area contributed by atoms with E-state index >= 15 is 0 Å². The van der Waals surface area contributed by atoms with Crippen LogP contribution in [0.25, 0.3) is 0 Å². The number of carbonyl (C=O) groups is 1. The minimum Gasteiger partial charge on any atom is -0.477 e. The van der Waals surface area contributed by atoms with E-state index in [0.29, 0.717) is 0 Å². The number of hydrogen-bond donors (Lipinski definition) is 2. The van der Waals surface area contributed by atoms with Crippen molar-refractivity contribution in [3.63, 3.8) is 0 Å². The van der Waals surface area contributed by atoms with Gasteiger partial charge in [-0.15, -0.1) is 0 Å². The summed E-state index contributed by atoms with van der Waals surface area (Å²) in [6.07, 6.45) is 1.75. The van der Waals surface area contributed by atoms with Gasteiger partial charge < -0.3 is 10.8 Å². The molecule has 1 rings (SSSR count). The topological polar surface area (TPSA) is 63.3 Å². The predicted molar refractivity (Wildman–Crippen MR) is 28.1 cm³/mol. The molecule has 0 aromatic rings. The second-order valence-electron chi connectivity index (χ2n) is 1.82. The number of nitrogens with two attached hydrogens (primary N) is 1. The van der Waals surface area contributed by atoms with Crippen molar-refractivity contribution in [2.45, 2.75) is 12.8 Å². The Labute approximate surface area is 46.8 Å². The van der Waals surface area contributed by atoms with E-state index < -0.39 is 5.97 Å². The van der Waals surface area contributed by atoms with Gasteiger partial charge in [-0.05, 0) is 18.4 Å². The Morgan fingerprint density at radius 1 is 1.62 bits per heavy atom. The summed E-state index contributed by atoms with van der Waals surface area (Å²) in [4.78, 5) is 10.00. The SMILES string of the molecule is NC(C(=O)O)=C1CC1. The summed E-state index contributed by atoms with van der Waals surface area (Å²) in [5.74, 6) is -0.988. The molecule has 0 heterocycles. The summed E-state index contributed by atoms with van der Waals surface area (Å²) in [5.41, 5.74) is 6.03. The average Bonchev–Trinajstić information content (AvgIpc) is 2.43. The van der Waals surface area contributed by atoms with Crippen molar-refractivity contribution in [1.82, 2.24) is 0 Å². The van der Waals surface area contributed by atoms with E-state index in [4.69, 9.17) is 10.8 Å². The second-order valence-corrected chi connectivity index (χ2v) is 1.82. The van der Waals surface area contributed by atoms with Gasteiger partial charge in [0, 0.05) is 0 Å². The maximum Gasteiger partial charge on any atom is 0.351 e. The lowest BCUT2D eigenvalue weighted by atomic mass is 10.4. The molecule has 0 saturated heterocycles. The molecule has 0 bridgehead atoms. The Morgan fingerprint density at radius 2 is 2.12 bits per heavy atom. The number of carboxylic acids is 1. The van der Waals surface area contributed by atoms with E-state index in [2.05, 4.69) is 0 Å². The lowest BCUT2D eigenvalue weighted by molar-refractivity contribution is -0.132. The first kappa shape index (κ1) is 5.15. The van der Waals surface area contributed by atoms with Gasteiger partial charge in [0.25, 0.3) is 0 Å². The zero-order chi connectivity index (χ0) is 6.15. The Kier molecular flexibility index (Phi) is 0.970. The highest BCUT2D eigenvalue weighted by atomic mass is 16.4. The van der Waals surface area contributed by atoms with Crippen LogP contribution in [0.1, 0.15) is 12.8 Å². The van der Waals surface area contributed by atoms with E-state index in [1.165, 1.54) is 0 Å². The largest absolute Gasteiger partial charge is 0.477 e. The molecule has 0 atom stereocenters. The summed E-state index contributed by atoms with van der Waals surface area (Å²) in [7, 11) is 0. The predicted octanol–water partition coefficient (Wildman–Crippen LogP) is 0.0776. The Bertz CT molecular complexity index is 154. The number of carboxylic acid groups (broad SMARTS) is 1. The first-order valence-electron chi connectivity index (χ1n) is 2.42. The van der Waals surface area contributed by atoms with Crippen molar-refractivity contribution in [3.05, 3.63) is 11.3 Å². The lowest BCUT2D eigenvalue weighted by Crippen LogP contribution is -2.09. The lowest BCUT2D eigenvalue weighted by Gasteiger charge is -1.86. The fourth-order valence-electron chi connectivity index (χ4n) is 0.483. The van der Waals surface area contributed by atoms with Crippen LogP contribution < -0.4 is 5.73 Å². The molecule has 0 amide bonds. The molecule has 0 spiro atoms. The molecule has 0 aliphatic heterocycles. The first-order chi connectivity index (χ1) is 3.72. The van der Waals surface area contributed by atoms with Crippen molar-refractivity contribution < 1.29 is 9.90 Å². The second kappa shape index (κ2) is 1.51. The zero-order valence-electron chi connectivity index (χ0n) is 4.35. The van der Waals surface area contributed by atoms with Crippen molar-refractivity contribution in [2.75, 3.05) is 0 Å². The molecule has 3 N–H and O–H groups in total. The van der Waals surface area contributed by atoms with Crippen LogP contribution in [-0.4, -0.2) is 11.1 Å². The van der Waals surface area contributed by atoms with Gasteiger partial charge in [0.1, 0.15) is 5.70 Å². The van der Waals surface area contributed by atoms with E-state index in [9.17, 15) is 4.79 Å². The van der Waals surface area contributed by atoms with Gasteiger partial charge >= 0.3 is 5.97 Å². The number of allylic oxidation sites excluding steroid dienone is 1. The highest BCUT2D eigenvalue weighted by Gasteiger charge is 2.19. The van der Waals surface area contributed by atoms with Crippen molar-refractivity contribution in [1.29, 1.82) is 0 Å². The molecule has 1 aliphatic carbocycles. The molecule has 3 nitrogen and oxygen atoms in total. The smallest absolute Gasteiger partial charge is 0.351 e. The van der Waals surface area contributed by atoms with Crippen molar-refractivity contribution in [3.8, 4) is 0 Å². The molecule has 1 aliphatic rings. The van der Waals surface area contributed by atoms with E-state index in [1.54, 1.807) is 0 Å². The molecular weight excluding hydrogens is 106 g/mol. The fraction of sp³-hybridized carbons (Fsp3) is 0.400. The zero-order valence-corrected chi connectivity index (χ0v) is 4.35. The number of aliphatic carboxylic acids is 1. The molecule has 44 valence electrons. The molecular formula is C5H7NO2. The van der Waals surface area contributed by atoms with Crippen LogP contribution in [0.4, 0.5) is 0 Å². The van der Waals surface area contributed by atoms with Crippen LogP contribution in [0, 0.1) is 0 Å². The molecule has 0 radical (unpaired) electrons. The third-order valence-electron chi connectivity index (χ3n) is 1.11. The summed E-state index contributed by atoms with van der Waals surface area (Å²) in [6.45, 7) is 0. The Balaban J connectivity index is 2.70. The van der Waals surface area contributed by atoms with Gasteiger partial charge in [-0.3, -0.25) is 0 Å². The summed E-state index contributed by atoms with van der Waals surface area (Å²) in [5, 5.41) is 8.21. The molecule has 1 saturated carbocycles. The van der Waals surface area contributed by atoms with Crippen LogP contribution >= 0.6 is 0 Å². The minimum atomic E-state index is -0.988. The third-order valence-corrected chi connectivity index (χ3v) is 1.11. The number of rotatable bonds is 1. The highest BCUT2D eigenvalue weighted by Crippen LogP contribution is 2.29. The van der Waals surface area contributed by atoms with E-state index in [1.807, 2.05) is 0 Å². The molecule has 8 heavy (non-hydrogen) atoms. The van der Waals surface area contributed by atoms with E-state index in [-0.39, 0.29) is 5.70 Å². The van der Waals surface area contributed by atoms with Gasteiger partial charge in [0.15, 0.2) is 0 Å². The third kappa shape index (κ3) is 0.804. The molecule has 0 aromatic carbocycles. The van der Waals surface area contributed by atoms with Crippen molar-refractivity contribution >= 4 is 5.97 Å². The fourth-order valence-corrected chi connectivity index (χ4v) is 0.483.